The van der Waals surface area contributed by atoms with Gasteiger partial charge in [0.25, 0.3) is 5.91 Å². The third-order valence-electron chi connectivity index (χ3n) is 5.74. The zero-order chi connectivity index (χ0) is 22.7. The van der Waals surface area contributed by atoms with Crippen LogP contribution in [0.2, 0.25) is 5.02 Å². The Morgan fingerprint density at radius 3 is 2.53 bits per heavy atom. The number of methoxy groups -OCH3 is 1. The van der Waals surface area contributed by atoms with Crippen LogP contribution in [-0.4, -0.2) is 25.2 Å². The maximum Gasteiger partial charge on any atom is 0.319 e. The van der Waals surface area contributed by atoms with Crippen LogP contribution < -0.4 is 25.4 Å². The van der Waals surface area contributed by atoms with Gasteiger partial charge >= 0.3 is 6.03 Å². The molecule has 8 heteroatoms. The van der Waals surface area contributed by atoms with E-state index in [1.54, 1.807) is 38.3 Å². The minimum Gasteiger partial charge on any atom is -0.493 e. The monoisotopic (exact) mass is 455 g/mol. The molecule has 3 N–H and O–H groups in total. The molecule has 1 aliphatic carbocycles. The first-order chi connectivity index (χ1) is 15.5. The highest BCUT2D eigenvalue weighted by molar-refractivity contribution is 6.31. The lowest BCUT2D eigenvalue weighted by Crippen LogP contribution is -2.46. The summed E-state index contributed by atoms with van der Waals surface area (Å²) in [5, 5.41) is 8.74. The Morgan fingerprint density at radius 1 is 1.12 bits per heavy atom. The molecule has 0 saturated heterocycles. The highest BCUT2D eigenvalue weighted by Crippen LogP contribution is 2.40. The molecule has 0 bridgehead atoms. The molecule has 0 spiro atoms. The van der Waals surface area contributed by atoms with Crippen molar-refractivity contribution in [2.24, 2.45) is 0 Å². The fraction of sp³-hybridized carbons (Fsp3) is 0.333. The molecule has 168 valence electrons. The third kappa shape index (κ3) is 4.67. The second-order valence-corrected chi connectivity index (χ2v) is 8.35. The fourth-order valence-electron chi connectivity index (χ4n) is 4.16. The number of ether oxygens (including phenoxy) is 2. The van der Waals surface area contributed by atoms with Gasteiger partial charge in [-0.15, -0.1) is 0 Å². The molecular formula is C24H26ClN3O4. The molecule has 2 aromatic carbocycles. The number of carbonyl (C=O) groups excluding carboxylic acids is 2. The molecule has 1 heterocycles. The SMILES string of the molecule is COc1cc(C2NC(=O)NC(C)=C2C(=O)Nc2ccccc2)c(Cl)cc1OC1CCCC1. The van der Waals surface area contributed by atoms with E-state index >= 15 is 0 Å². The number of hydrogen-bond donors (Lipinski definition) is 3. The maximum atomic E-state index is 13.2. The first-order valence-electron chi connectivity index (χ1n) is 10.6. The van der Waals surface area contributed by atoms with Gasteiger partial charge in [0, 0.05) is 23.0 Å². The Labute approximate surface area is 192 Å². The van der Waals surface area contributed by atoms with Gasteiger partial charge in [0.05, 0.1) is 29.9 Å². The standard InChI is InChI=1S/C24H26ClN3O4/c1-14-21(23(29)27-15-8-4-3-5-9-15)22(28-24(30)26-14)17-12-19(31-2)20(13-18(17)25)32-16-10-6-7-11-16/h3-5,8-9,12-13,16,22H,6-7,10-11H2,1-2H3,(H,27,29)(H2,26,28,30). The molecule has 1 fully saturated rings. The maximum absolute atomic E-state index is 13.2. The summed E-state index contributed by atoms with van der Waals surface area (Å²) in [6, 6.07) is 11.4. The second-order valence-electron chi connectivity index (χ2n) is 7.94. The van der Waals surface area contributed by atoms with Crippen molar-refractivity contribution in [2.75, 3.05) is 12.4 Å². The highest BCUT2D eigenvalue weighted by Gasteiger charge is 2.33. The van der Waals surface area contributed by atoms with Crippen molar-refractivity contribution in [3.05, 3.63) is 64.3 Å². The van der Waals surface area contributed by atoms with E-state index < -0.39 is 12.1 Å². The van der Waals surface area contributed by atoms with Crippen molar-refractivity contribution in [3.63, 3.8) is 0 Å². The average molecular weight is 456 g/mol. The second kappa shape index (κ2) is 9.53. The van der Waals surface area contributed by atoms with Crippen molar-refractivity contribution < 1.29 is 19.1 Å². The van der Waals surface area contributed by atoms with E-state index in [4.69, 9.17) is 21.1 Å². The third-order valence-corrected chi connectivity index (χ3v) is 6.06. The summed E-state index contributed by atoms with van der Waals surface area (Å²) in [7, 11) is 1.56. The van der Waals surface area contributed by atoms with Gasteiger partial charge in [-0.2, -0.15) is 0 Å². The lowest BCUT2D eigenvalue weighted by atomic mass is 9.94. The summed E-state index contributed by atoms with van der Waals surface area (Å²) < 4.78 is 11.7. The average Bonchev–Trinajstić information content (AvgIpc) is 3.27. The Morgan fingerprint density at radius 2 is 1.84 bits per heavy atom. The molecule has 2 aromatic rings. The van der Waals surface area contributed by atoms with Gasteiger partial charge in [0.15, 0.2) is 11.5 Å². The van der Waals surface area contributed by atoms with E-state index in [-0.39, 0.29) is 12.0 Å². The summed E-state index contributed by atoms with van der Waals surface area (Å²) in [5.41, 5.74) is 2.02. The minimum absolute atomic E-state index is 0.138. The number of benzene rings is 2. The molecule has 7 nitrogen and oxygen atoms in total. The van der Waals surface area contributed by atoms with Gasteiger partial charge in [0.1, 0.15) is 0 Å². The van der Waals surface area contributed by atoms with Crippen LogP contribution in [0.4, 0.5) is 10.5 Å². The molecule has 3 amide bonds. The van der Waals surface area contributed by atoms with Crippen molar-refractivity contribution in [1.82, 2.24) is 10.6 Å². The Balaban J connectivity index is 1.68. The number of rotatable bonds is 6. The summed E-state index contributed by atoms with van der Waals surface area (Å²) in [6.07, 6.45) is 4.42. The molecule has 1 atom stereocenters. The number of carbonyl (C=O) groups is 2. The van der Waals surface area contributed by atoms with Crippen LogP contribution >= 0.6 is 11.6 Å². The zero-order valence-corrected chi connectivity index (χ0v) is 18.8. The van der Waals surface area contributed by atoms with Crippen molar-refractivity contribution in [1.29, 1.82) is 0 Å². The number of anilines is 1. The van der Waals surface area contributed by atoms with Crippen LogP contribution in [0.1, 0.15) is 44.2 Å². The van der Waals surface area contributed by atoms with Gasteiger partial charge in [-0.05, 0) is 50.8 Å². The fourth-order valence-corrected chi connectivity index (χ4v) is 4.42. The zero-order valence-electron chi connectivity index (χ0n) is 18.0. The van der Waals surface area contributed by atoms with E-state index in [1.165, 1.54) is 0 Å². The van der Waals surface area contributed by atoms with Crippen LogP contribution in [0.5, 0.6) is 11.5 Å². The summed E-state index contributed by atoms with van der Waals surface area (Å²) in [4.78, 5) is 25.4. The van der Waals surface area contributed by atoms with Gasteiger partial charge in [-0.1, -0.05) is 29.8 Å². The first kappa shape index (κ1) is 22.0. The number of hydrogen-bond acceptors (Lipinski definition) is 4. The Hall–Kier alpha value is -3.19. The van der Waals surface area contributed by atoms with E-state index in [1.807, 2.05) is 18.2 Å². The smallest absolute Gasteiger partial charge is 0.319 e. The molecule has 1 saturated carbocycles. The van der Waals surface area contributed by atoms with Crippen LogP contribution in [-0.2, 0) is 4.79 Å². The van der Waals surface area contributed by atoms with E-state index in [2.05, 4.69) is 16.0 Å². The molecule has 1 unspecified atom stereocenters. The Kier molecular flexibility index (Phi) is 6.55. The summed E-state index contributed by atoms with van der Waals surface area (Å²) >= 11 is 6.64. The van der Waals surface area contributed by atoms with Crippen LogP contribution in [0, 0.1) is 0 Å². The number of allylic oxidation sites excluding steroid dienone is 1. The summed E-state index contributed by atoms with van der Waals surface area (Å²) in [6.45, 7) is 1.69. The molecule has 2 aliphatic rings. The lowest BCUT2D eigenvalue weighted by molar-refractivity contribution is -0.113. The lowest BCUT2D eigenvalue weighted by Gasteiger charge is -2.30. The molecule has 4 rings (SSSR count). The minimum atomic E-state index is -0.755. The predicted octanol–water partition coefficient (Wildman–Crippen LogP) is 4.94. The molecule has 0 aromatic heterocycles. The number of halogens is 1. The highest BCUT2D eigenvalue weighted by atomic mass is 35.5. The van der Waals surface area contributed by atoms with Crippen LogP contribution in [0.25, 0.3) is 0 Å². The molecular weight excluding hydrogens is 430 g/mol. The van der Waals surface area contributed by atoms with E-state index in [9.17, 15) is 9.59 Å². The Bertz CT molecular complexity index is 1050. The number of urea groups is 1. The largest absolute Gasteiger partial charge is 0.493 e. The quantitative estimate of drug-likeness (QED) is 0.575. The van der Waals surface area contributed by atoms with Crippen LogP contribution in [0.3, 0.4) is 0 Å². The number of amides is 3. The van der Waals surface area contributed by atoms with Gasteiger partial charge < -0.3 is 25.4 Å². The van der Waals surface area contributed by atoms with Crippen LogP contribution in [0.15, 0.2) is 53.7 Å². The predicted molar refractivity (Wildman–Crippen MR) is 123 cm³/mol. The normalized spacial score (nSPS) is 18.7. The van der Waals surface area contributed by atoms with Crippen molar-refractivity contribution in [2.45, 2.75) is 44.8 Å². The van der Waals surface area contributed by atoms with Gasteiger partial charge in [0.2, 0.25) is 0 Å². The number of para-hydroxylation sites is 1. The van der Waals surface area contributed by atoms with Crippen molar-refractivity contribution in [3.8, 4) is 11.5 Å². The van der Waals surface area contributed by atoms with Crippen molar-refractivity contribution >= 4 is 29.2 Å². The summed E-state index contributed by atoms with van der Waals surface area (Å²) in [5.74, 6) is 0.724. The van der Waals surface area contributed by atoms with Gasteiger partial charge in [-0.25, -0.2) is 4.79 Å². The molecule has 32 heavy (non-hydrogen) atoms. The van der Waals surface area contributed by atoms with E-state index in [0.717, 1.165) is 25.7 Å². The molecule has 1 aliphatic heterocycles. The van der Waals surface area contributed by atoms with Gasteiger partial charge in [-0.3, -0.25) is 4.79 Å². The van der Waals surface area contributed by atoms with E-state index in [0.29, 0.717) is 39.0 Å². The molecule has 0 radical (unpaired) electrons. The number of nitrogens with one attached hydrogen (secondary N) is 3. The topological polar surface area (TPSA) is 88.7 Å². The first-order valence-corrected chi connectivity index (χ1v) is 11.0.